The molecular weight excluding hydrogens is 234 g/mol. The quantitative estimate of drug-likeness (QED) is 0.515. The van der Waals surface area contributed by atoms with Crippen LogP contribution in [0.25, 0.3) is 0 Å². The Morgan fingerprint density at radius 1 is 1.39 bits per heavy atom. The molecule has 2 N–H and O–H groups in total. The van der Waals surface area contributed by atoms with E-state index in [4.69, 9.17) is 9.84 Å². The monoisotopic (exact) mass is 255 g/mol. The van der Waals surface area contributed by atoms with Crippen molar-refractivity contribution < 1.29 is 19.4 Å². The van der Waals surface area contributed by atoms with Gasteiger partial charge in [-0.05, 0) is 25.7 Å². The Kier molecular flexibility index (Phi) is 5.68. The van der Waals surface area contributed by atoms with Crippen molar-refractivity contribution in [3.63, 3.8) is 0 Å². The normalized spacial score (nSPS) is 16.4. The Labute approximate surface area is 107 Å². The van der Waals surface area contributed by atoms with E-state index in [1.807, 2.05) is 0 Å². The van der Waals surface area contributed by atoms with Crippen molar-refractivity contribution in [1.29, 1.82) is 0 Å². The van der Waals surface area contributed by atoms with Crippen LogP contribution in [0.5, 0.6) is 0 Å². The maximum atomic E-state index is 11.1. The van der Waals surface area contributed by atoms with Crippen LogP contribution in [0.3, 0.4) is 0 Å². The first-order chi connectivity index (χ1) is 8.60. The maximum Gasteiger partial charge on any atom is 0.407 e. The first-order valence-electron chi connectivity index (χ1n) is 6.36. The third-order valence-electron chi connectivity index (χ3n) is 3.45. The number of alkyl carbamates (subject to hydrolysis) is 1. The average molecular weight is 255 g/mol. The lowest BCUT2D eigenvalue weighted by Crippen LogP contribution is -2.38. The van der Waals surface area contributed by atoms with Crippen molar-refractivity contribution in [3.05, 3.63) is 12.7 Å². The van der Waals surface area contributed by atoms with Gasteiger partial charge in [0, 0.05) is 6.54 Å². The summed E-state index contributed by atoms with van der Waals surface area (Å²) < 4.78 is 4.75. The molecule has 0 aromatic carbocycles. The molecule has 1 fully saturated rings. The van der Waals surface area contributed by atoms with Crippen LogP contribution in [-0.2, 0) is 9.53 Å². The van der Waals surface area contributed by atoms with Crippen molar-refractivity contribution >= 4 is 12.1 Å². The van der Waals surface area contributed by atoms with Crippen molar-refractivity contribution in [1.82, 2.24) is 5.32 Å². The van der Waals surface area contributed by atoms with Crippen molar-refractivity contribution in [3.8, 4) is 0 Å². The fourth-order valence-corrected chi connectivity index (χ4v) is 2.14. The topological polar surface area (TPSA) is 75.6 Å². The number of carbonyl (C=O) groups excluding carboxylic acids is 1. The number of hydrogen-bond acceptors (Lipinski definition) is 3. The van der Waals surface area contributed by atoms with E-state index in [1.165, 1.54) is 6.08 Å². The van der Waals surface area contributed by atoms with Gasteiger partial charge in [0.05, 0.1) is 5.41 Å². The molecule has 0 unspecified atom stereocenters. The summed E-state index contributed by atoms with van der Waals surface area (Å²) in [7, 11) is 0. The number of carboxylic acid groups (broad SMARTS) is 1. The summed E-state index contributed by atoms with van der Waals surface area (Å²) >= 11 is 0. The molecule has 0 saturated heterocycles. The zero-order valence-electron chi connectivity index (χ0n) is 10.6. The van der Waals surface area contributed by atoms with Gasteiger partial charge in [-0.2, -0.15) is 0 Å². The average Bonchev–Trinajstić information content (AvgIpc) is 2.28. The third-order valence-corrected chi connectivity index (χ3v) is 3.45. The summed E-state index contributed by atoms with van der Waals surface area (Å²) in [6.45, 7) is 4.16. The van der Waals surface area contributed by atoms with E-state index in [1.54, 1.807) is 0 Å². The standard InChI is InChI=1S/C13H21NO4/c1-2-10-18-12(17)14-9-4-3-6-13(11(15)16)7-5-8-13/h2H,1,3-10H2,(H,14,17)(H,15,16). The zero-order chi connectivity index (χ0) is 13.4. The van der Waals surface area contributed by atoms with Crippen LogP contribution < -0.4 is 5.32 Å². The molecule has 0 bridgehead atoms. The highest BCUT2D eigenvalue weighted by Gasteiger charge is 2.43. The second-order valence-electron chi connectivity index (χ2n) is 4.71. The molecular formula is C13H21NO4. The predicted octanol–water partition coefficient (Wildman–Crippen LogP) is 2.32. The zero-order valence-corrected chi connectivity index (χ0v) is 10.6. The number of amides is 1. The number of carboxylic acids is 1. The number of rotatable bonds is 8. The highest BCUT2D eigenvalue weighted by atomic mass is 16.5. The largest absolute Gasteiger partial charge is 0.481 e. The number of carbonyl (C=O) groups is 2. The highest BCUT2D eigenvalue weighted by molar-refractivity contribution is 5.75. The van der Waals surface area contributed by atoms with Crippen LogP contribution in [-0.4, -0.2) is 30.3 Å². The number of aliphatic carboxylic acids is 1. The Hall–Kier alpha value is -1.52. The van der Waals surface area contributed by atoms with E-state index in [9.17, 15) is 9.59 Å². The molecule has 0 heterocycles. The molecule has 1 rings (SSSR count). The second kappa shape index (κ2) is 7.03. The molecule has 1 aliphatic carbocycles. The molecule has 18 heavy (non-hydrogen) atoms. The maximum absolute atomic E-state index is 11.1. The lowest BCUT2D eigenvalue weighted by atomic mass is 9.66. The number of nitrogens with one attached hydrogen (secondary N) is 1. The minimum atomic E-state index is -0.674. The molecule has 0 aliphatic heterocycles. The van der Waals surface area contributed by atoms with E-state index in [-0.39, 0.29) is 6.61 Å². The molecule has 0 aromatic heterocycles. The van der Waals surface area contributed by atoms with Crippen LogP contribution in [0.1, 0.15) is 38.5 Å². The summed E-state index contributed by atoms with van der Waals surface area (Å²) in [6.07, 6.45) is 5.93. The van der Waals surface area contributed by atoms with Crippen molar-refractivity contribution in [2.24, 2.45) is 5.41 Å². The highest BCUT2D eigenvalue weighted by Crippen LogP contribution is 2.45. The van der Waals surface area contributed by atoms with Gasteiger partial charge in [-0.25, -0.2) is 4.79 Å². The van der Waals surface area contributed by atoms with Crippen LogP contribution in [0.2, 0.25) is 0 Å². The van der Waals surface area contributed by atoms with Gasteiger partial charge in [-0.1, -0.05) is 25.5 Å². The molecule has 1 amide bonds. The van der Waals surface area contributed by atoms with Crippen LogP contribution in [0, 0.1) is 5.41 Å². The summed E-state index contributed by atoms with van der Waals surface area (Å²) in [5, 5.41) is 11.7. The van der Waals surface area contributed by atoms with Gasteiger partial charge >= 0.3 is 12.1 Å². The van der Waals surface area contributed by atoms with Gasteiger partial charge in [0.15, 0.2) is 0 Å². The summed E-state index contributed by atoms with van der Waals surface area (Å²) in [4.78, 5) is 22.2. The molecule has 1 aliphatic rings. The minimum absolute atomic E-state index is 0.202. The molecule has 5 nitrogen and oxygen atoms in total. The van der Waals surface area contributed by atoms with Crippen molar-refractivity contribution in [2.75, 3.05) is 13.2 Å². The van der Waals surface area contributed by atoms with E-state index in [0.717, 1.165) is 32.1 Å². The Balaban J connectivity index is 2.06. The van der Waals surface area contributed by atoms with E-state index in [2.05, 4.69) is 11.9 Å². The Morgan fingerprint density at radius 3 is 2.61 bits per heavy atom. The molecule has 0 atom stereocenters. The van der Waals surface area contributed by atoms with Gasteiger partial charge < -0.3 is 15.2 Å². The Morgan fingerprint density at radius 2 is 2.11 bits per heavy atom. The summed E-state index contributed by atoms with van der Waals surface area (Å²) in [5.74, 6) is -0.674. The Bertz CT molecular complexity index is 310. The minimum Gasteiger partial charge on any atom is -0.481 e. The smallest absolute Gasteiger partial charge is 0.407 e. The summed E-state index contributed by atoms with van der Waals surface area (Å²) in [6, 6.07) is 0. The number of hydrogen-bond donors (Lipinski definition) is 2. The molecule has 0 radical (unpaired) electrons. The van der Waals surface area contributed by atoms with Gasteiger partial charge in [0.1, 0.15) is 6.61 Å². The first kappa shape index (κ1) is 14.5. The van der Waals surface area contributed by atoms with E-state index < -0.39 is 17.5 Å². The second-order valence-corrected chi connectivity index (χ2v) is 4.71. The van der Waals surface area contributed by atoms with E-state index in [0.29, 0.717) is 13.0 Å². The van der Waals surface area contributed by atoms with Crippen LogP contribution >= 0.6 is 0 Å². The van der Waals surface area contributed by atoms with Gasteiger partial charge in [0.2, 0.25) is 0 Å². The number of unbranched alkanes of at least 4 members (excludes halogenated alkanes) is 1. The first-order valence-corrected chi connectivity index (χ1v) is 6.36. The lowest BCUT2D eigenvalue weighted by molar-refractivity contribution is -0.155. The van der Waals surface area contributed by atoms with Crippen LogP contribution in [0.15, 0.2) is 12.7 Å². The predicted molar refractivity (Wildman–Crippen MR) is 67.3 cm³/mol. The van der Waals surface area contributed by atoms with Gasteiger partial charge in [-0.15, -0.1) is 0 Å². The molecule has 0 spiro atoms. The van der Waals surface area contributed by atoms with Crippen LogP contribution in [0.4, 0.5) is 4.79 Å². The van der Waals surface area contributed by atoms with Crippen molar-refractivity contribution in [2.45, 2.75) is 38.5 Å². The molecule has 102 valence electrons. The number of ether oxygens (including phenoxy) is 1. The summed E-state index contributed by atoms with van der Waals surface area (Å²) in [5.41, 5.74) is -0.483. The SMILES string of the molecule is C=CCOC(=O)NCCCCC1(C(=O)O)CCC1. The van der Waals surface area contributed by atoms with Gasteiger partial charge in [-0.3, -0.25) is 4.79 Å². The molecule has 0 aromatic rings. The fraction of sp³-hybridized carbons (Fsp3) is 0.692. The van der Waals surface area contributed by atoms with Gasteiger partial charge in [0.25, 0.3) is 0 Å². The third kappa shape index (κ3) is 4.05. The van der Waals surface area contributed by atoms with E-state index >= 15 is 0 Å². The fourth-order valence-electron chi connectivity index (χ4n) is 2.14. The molecule has 1 saturated carbocycles. The molecule has 5 heteroatoms. The lowest BCUT2D eigenvalue weighted by Gasteiger charge is -2.37.